The Morgan fingerprint density at radius 1 is 1.12 bits per heavy atom. The maximum absolute atomic E-state index is 12.8. The summed E-state index contributed by atoms with van der Waals surface area (Å²) in [5.41, 5.74) is 2.90. The van der Waals surface area contributed by atoms with Crippen molar-refractivity contribution in [3.63, 3.8) is 0 Å². The van der Waals surface area contributed by atoms with Gasteiger partial charge in [-0.3, -0.25) is 24.6 Å². The lowest BCUT2D eigenvalue weighted by Gasteiger charge is -2.29. The molecule has 7 nitrogen and oxygen atoms in total. The number of benzene rings is 1. The van der Waals surface area contributed by atoms with Gasteiger partial charge in [-0.1, -0.05) is 12.1 Å². The zero-order chi connectivity index (χ0) is 17.1. The van der Waals surface area contributed by atoms with Gasteiger partial charge in [0.2, 0.25) is 11.8 Å². The lowest BCUT2D eigenvalue weighted by atomic mass is 10.0. The summed E-state index contributed by atoms with van der Waals surface area (Å²) in [4.78, 5) is 40.4. The van der Waals surface area contributed by atoms with Crippen molar-refractivity contribution in [1.82, 2.24) is 20.4 Å². The highest BCUT2D eigenvalue weighted by molar-refractivity contribution is 6.05. The van der Waals surface area contributed by atoms with Crippen LogP contribution in [0.3, 0.4) is 0 Å². The van der Waals surface area contributed by atoms with Crippen LogP contribution in [0.1, 0.15) is 34.3 Å². The van der Waals surface area contributed by atoms with E-state index in [4.69, 9.17) is 0 Å². The number of amides is 3. The molecular formula is C18H20N4O3. The van der Waals surface area contributed by atoms with Crippen LogP contribution in [0.5, 0.6) is 0 Å². The second-order valence-electron chi connectivity index (χ2n) is 7.42. The van der Waals surface area contributed by atoms with E-state index in [9.17, 15) is 14.4 Å². The number of nitrogens with zero attached hydrogens (tertiary/aromatic N) is 2. The van der Waals surface area contributed by atoms with Gasteiger partial charge in [0, 0.05) is 50.2 Å². The van der Waals surface area contributed by atoms with Gasteiger partial charge < -0.3 is 10.2 Å². The average molecular weight is 340 g/mol. The van der Waals surface area contributed by atoms with Crippen molar-refractivity contribution < 1.29 is 14.4 Å². The van der Waals surface area contributed by atoms with Gasteiger partial charge in [-0.15, -0.1) is 0 Å². The molecule has 3 saturated heterocycles. The first-order chi connectivity index (χ1) is 12.1. The molecule has 1 aromatic rings. The summed E-state index contributed by atoms with van der Waals surface area (Å²) in [7, 11) is 0. The summed E-state index contributed by atoms with van der Waals surface area (Å²) in [6.07, 6.45) is 0.688. The van der Waals surface area contributed by atoms with Gasteiger partial charge in [0.25, 0.3) is 5.91 Å². The second-order valence-corrected chi connectivity index (χ2v) is 7.42. The fraction of sp³-hybridized carbons (Fsp3) is 0.500. The largest absolute Gasteiger partial charge is 0.322 e. The number of piperidine rings is 1. The van der Waals surface area contributed by atoms with Gasteiger partial charge >= 0.3 is 0 Å². The first kappa shape index (κ1) is 15.0. The predicted octanol–water partition coefficient (Wildman–Crippen LogP) is -0.396. The fourth-order valence-electron chi connectivity index (χ4n) is 4.38. The van der Waals surface area contributed by atoms with E-state index in [0.717, 1.165) is 25.2 Å². The third-order valence-corrected chi connectivity index (χ3v) is 5.79. The quantitative estimate of drug-likeness (QED) is 0.577. The Kier molecular flexibility index (Phi) is 3.23. The molecule has 0 bridgehead atoms. The number of fused-ring (bicyclic) bond motifs is 2. The third-order valence-electron chi connectivity index (χ3n) is 5.79. The number of hydrogen-bond acceptors (Lipinski definition) is 5. The average Bonchev–Trinajstić information content (AvgIpc) is 3.04. The van der Waals surface area contributed by atoms with Crippen LogP contribution in [-0.2, 0) is 22.7 Å². The van der Waals surface area contributed by atoms with Gasteiger partial charge in [0.15, 0.2) is 0 Å². The molecule has 1 unspecified atom stereocenters. The van der Waals surface area contributed by atoms with E-state index in [0.29, 0.717) is 30.6 Å². The minimum Gasteiger partial charge on any atom is -0.322 e. The Morgan fingerprint density at radius 2 is 1.92 bits per heavy atom. The normalized spacial score (nSPS) is 31.1. The van der Waals surface area contributed by atoms with Gasteiger partial charge in [-0.2, -0.15) is 0 Å². The van der Waals surface area contributed by atoms with Crippen LogP contribution >= 0.6 is 0 Å². The third kappa shape index (κ3) is 2.46. The van der Waals surface area contributed by atoms with E-state index >= 15 is 0 Å². The topological polar surface area (TPSA) is 91.7 Å². The molecule has 7 heteroatoms. The van der Waals surface area contributed by atoms with E-state index in [2.05, 4.69) is 21.6 Å². The minimum absolute atomic E-state index is 0.0997. The Morgan fingerprint density at radius 3 is 2.68 bits per heavy atom. The van der Waals surface area contributed by atoms with Gasteiger partial charge in [-0.25, -0.2) is 0 Å². The van der Waals surface area contributed by atoms with Crippen molar-refractivity contribution >= 4 is 17.7 Å². The molecule has 3 amide bonds. The maximum Gasteiger partial charge on any atom is 0.255 e. The maximum atomic E-state index is 12.8. The van der Waals surface area contributed by atoms with E-state index in [1.807, 2.05) is 12.1 Å². The summed E-state index contributed by atoms with van der Waals surface area (Å²) < 4.78 is 0. The number of carbonyl (C=O) groups is 3. The van der Waals surface area contributed by atoms with Crippen molar-refractivity contribution in [3.05, 3.63) is 34.9 Å². The van der Waals surface area contributed by atoms with Crippen LogP contribution in [0, 0.1) is 0 Å². The molecule has 4 heterocycles. The van der Waals surface area contributed by atoms with Crippen LogP contribution in [-0.4, -0.2) is 58.7 Å². The number of piperazine rings is 1. The monoisotopic (exact) mass is 340 g/mol. The number of carbonyl (C=O) groups excluding carboxylic acids is 3. The Labute approximate surface area is 145 Å². The van der Waals surface area contributed by atoms with Crippen molar-refractivity contribution in [3.8, 4) is 0 Å². The summed E-state index contributed by atoms with van der Waals surface area (Å²) >= 11 is 0. The second kappa shape index (κ2) is 5.37. The van der Waals surface area contributed by atoms with Crippen molar-refractivity contribution in [2.75, 3.05) is 13.1 Å². The van der Waals surface area contributed by atoms with E-state index in [1.54, 1.807) is 4.90 Å². The van der Waals surface area contributed by atoms with Crippen molar-refractivity contribution in [1.29, 1.82) is 0 Å². The summed E-state index contributed by atoms with van der Waals surface area (Å²) in [6.45, 7) is 3.40. The molecule has 3 fully saturated rings. The van der Waals surface area contributed by atoms with Crippen LogP contribution in [0.15, 0.2) is 18.2 Å². The lowest BCUT2D eigenvalue weighted by Crippen LogP contribution is -2.52. The zero-order valence-electron chi connectivity index (χ0n) is 13.8. The number of nitrogens with one attached hydrogen (secondary N) is 2. The summed E-state index contributed by atoms with van der Waals surface area (Å²) in [5, 5.41) is 5.78. The first-order valence-electron chi connectivity index (χ1n) is 8.84. The molecule has 130 valence electrons. The Balaban J connectivity index is 1.37. The zero-order valence-corrected chi connectivity index (χ0v) is 13.8. The highest BCUT2D eigenvalue weighted by atomic mass is 16.2. The molecule has 4 aliphatic rings. The highest BCUT2D eigenvalue weighted by Crippen LogP contribution is 2.31. The van der Waals surface area contributed by atoms with E-state index < -0.39 is 6.04 Å². The molecular weight excluding hydrogens is 320 g/mol. The van der Waals surface area contributed by atoms with Gasteiger partial charge in [-0.05, 0) is 23.6 Å². The van der Waals surface area contributed by atoms with Crippen LogP contribution in [0.2, 0.25) is 0 Å². The molecule has 3 atom stereocenters. The Bertz CT molecular complexity index is 783. The number of imide groups is 1. The molecule has 2 N–H and O–H groups in total. The molecule has 0 radical (unpaired) electrons. The molecule has 4 aliphatic heterocycles. The van der Waals surface area contributed by atoms with Gasteiger partial charge in [0.05, 0.1) is 0 Å². The van der Waals surface area contributed by atoms with Gasteiger partial charge in [0.1, 0.15) is 6.04 Å². The van der Waals surface area contributed by atoms with Crippen LogP contribution < -0.4 is 10.6 Å². The highest BCUT2D eigenvalue weighted by Gasteiger charge is 2.45. The summed E-state index contributed by atoms with van der Waals surface area (Å²) in [5.74, 6) is -0.714. The standard InChI is InChI=1S/C18H20N4O3/c23-16-5-4-15(17(24)20-16)22-7-12-10(2-1-3-11(12)18(22)25)6-21-8-13-14(9-21)19-13/h1-3,13-15,19H,4-9H2,(H,20,23,24)/t13-,14+,15?. The number of rotatable bonds is 3. The van der Waals surface area contributed by atoms with E-state index in [-0.39, 0.29) is 24.1 Å². The summed E-state index contributed by atoms with van der Waals surface area (Å²) in [6, 6.07) is 6.58. The number of hydrogen-bond donors (Lipinski definition) is 2. The predicted molar refractivity (Wildman–Crippen MR) is 88.5 cm³/mol. The lowest BCUT2D eigenvalue weighted by molar-refractivity contribution is -0.136. The van der Waals surface area contributed by atoms with Crippen molar-refractivity contribution in [2.24, 2.45) is 0 Å². The molecule has 0 saturated carbocycles. The van der Waals surface area contributed by atoms with E-state index in [1.165, 1.54) is 5.56 Å². The minimum atomic E-state index is -0.547. The SMILES string of the molecule is O=C1CCC(N2Cc3c(CN4C[C@@H]5N[C@@H]5C4)cccc3C2=O)C(=O)N1. The number of likely N-dealkylation sites (tertiary alicyclic amines) is 1. The molecule has 0 spiro atoms. The van der Waals surface area contributed by atoms with Crippen molar-refractivity contribution in [2.45, 2.75) is 44.1 Å². The molecule has 0 aliphatic carbocycles. The molecule has 25 heavy (non-hydrogen) atoms. The first-order valence-corrected chi connectivity index (χ1v) is 8.84. The Hall–Kier alpha value is -2.25. The molecule has 5 rings (SSSR count). The molecule has 0 aromatic heterocycles. The fourth-order valence-corrected chi connectivity index (χ4v) is 4.38. The smallest absolute Gasteiger partial charge is 0.255 e. The molecule has 1 aromatic carbocycles. The van der Waals surface area contributed by atoms with Crippen LogP contribution in [0.25, 0.3) is 0 Å². The van der Waals surface area contributed by atoms with Crippen LogP contribution in [0.4, 0.5) is 0 Å².